The fraction of sp³-hybridized carbons (Fsp3) is 0.235. The number of nitrogens with zero attached hydrogens (tertiary/aromatic N) is 3. The summed E-state index contributed by atoms with van der Waals surface area (Å²) in [7, 11) is 3.18. The smallest absolute Gasteiger partial charge is 0.180 e. The first kappa shape index (κ1) is 15.0. The number of aromatic nitrogens is 3. The van der Waals surface area contributed by atoms with Gasteiger partial charge in [-0.05, 0) is 37.3 Å². The van der Waals surface area contributed by atoms with Crippen molar-refractivity contribution in [3.05, 3.63) is 41.7 Å². The zero-order valence-corrected chi connectivity index (χ0v) is 13.5. The van der Waals surface area contributed by atoms with Gasteiger partial charge < -0.3 is 9.47 Å². The van der Waals surface area contributed by atoms with Crippen molar-refractivity contribution >= 4 is 11.4 Å². The predicted molar refractivity (Wildman–Crippen MR) is 86.3 cm³/mol. The van der Waals surface area contributed by atoms with Crippen molar-refractivity contribution in [1.82, 2.24) is 14.6 Å². The Hall–Kier alpha value is -2.89. The van der Waals surface area contributed by atoms with E-state index in [1.54, 1.807) is 18.7 Å². The predicted octanol–water partition coefficient (Wildman–Crippen LogP) is 2.92. The summed E-state index contributed by atoms with van der Waals surface area (Å²) < 4.78 is 12.2. The first-order valence-corrected chi connectivity index (χ1v) is 7.15. The van der Waals surface area contributed by atoms with Crippen LogP contribution in [0.4, 0.5) is 0 Å². The largest absolute Gasteiger partial charge is 0.493 e. The maximum atomic E-state index is 11.8. The molecule has 6 nitrogen and oxygen atoms in total. The summed E-state index contributed by atoms with van der Waals surface area (Å²) in [6.45, 7) is 3.32. The number of benzene rings is 1. The number of carbonyl (C=O) groups excluding carboxylic acids is 1. The summed E-state index contributed by atoms with van der Waals surface area (Å²) in [5, 5.41) is 4.56. The van der Waals surface area contributed by atoms with E-state index in [1.165, 1.54) is 6.92 Å². The minimum absolute atomic E-state index is 0.0630. The van der Waals surface area contributed by atoms with E-state index < -0.39 is 0 Å². The highest BCUT2D eigenvalue weighted by Crippen LogP contribution is 2.31. The lowest BCUT2D eigenvalue weighted by Gasteiger charge is -2.09. The molecule has 0 spiro atoms. The lowest BCUT2D eigenvalue weighted by atomic mass is 10.1. The topological polar surface area (TPSA) is 65.7 Å². The summed E-state index contributed by atoms with van der Waals surface area (Å²) in [6, 6.07) is 9.29. The highest BCUT2D eigenvalue weighted by atomic mass is 16.5. The first-order valence-electron chi connectivity index (χ1n) is 7.15. The molecule has 23 heavy (non-hydrogen) atoms. The average Bonchev–Trinajstić information content (AvgIpc) is 2.89. The van der Waals surface area contributed by atoms with Gasteiger partial charge in [-0.1, -0.05) is 0 Å². The van der Waals surface area contributed by atoms with Gasteiger partial charge in [0, 0.05) is 12.5 Å². The summed E-state index contributed by atoms with van der Waals surface area (Å²) in [6.07, 6.45) is 0. The molecule has 0 aliphatic carbocycles. The molecule has 2 aromatic heterocycles. The highest BCUT2D eigenvalue weighted by Gasteiger charge is 2.15. The third-order valence-corrected chi connectivity index (χ3v) is 3.66. The van der Waals surface area contributed by atoms with Crippen LogP contribution in [0, 0.1) is 6.92 Å². The zero-order valence-electron chi connectivity index (χ0n) is 13.5. The molecular weight excluding hydrogens is 294 g/mol. The van der Waals surface area contributed by atoms with Gasteiger partial charge in [-0.25, -0.2) is 9.50 Å². The van der Waals surface area contributed by atoms with Crippen LogP contribution in [0.5, 0.6) is 11.5 Å². The molecule has 0 bridgehead atoms. The third-order valence-electron chi connectivity index (χ3n) is 3.66. The number of fused-ring (bicyclic) bond motifs is 1. The van der Waals surface area contributed by atoms with Crippen LogP contribution in [0.15, 0.2) is 30.3 Å². The molecule has 0 aliphatic rings. The number of aryl methyl sites for hydroxylation is 1. The molecule has 0 saturated carbocycles. The minimum Gasteiger partial charge on any atom is -0.493 e. The van der Waals surface area contributed by atoms with Gasteiger partial charge in [-0.15, -0.1) is 0 Å². The maximum Gasteiger partial charge on any atom is 0.180 e. The van der Waals surface area contributed by atoms with Crippen LogP contribution in [0.25, 0.3) is 16.9 Å². The summed E-state index contributed by atoms with van der Waals surface area (Å²) in [5.74, 6) is 1.22. The Morgan fingerprint density at radius 1 is 1.09 bits per heavy atom. The maximum absolute atomic E-state index is 11.8. The Balaban J connectivity index is 2.17. The van der Waals surface area contributed by atoms with E-state index in [4.69, 9.17) is 9.47 Å². The second-order valence-electron chi connectivity index (χ2n) is 5.16. The quantitative estimate of drug-likeness (QED) is 0.693. The molecule has 118 valence electrons. The molecule has 3 aromatic rings. The van der Waals surface area contributed by atoms with Crippen molar-refractivity contribution in [2.24, 2.45) is 0 Å². The van der Waals surface area contributed by atoms with Gasteiger partial charge in [0.2, 0.25) is 0 Å². The van der Waals surface area contributed by atoms with Crippen LogP contribution in [-0.2, 0) is 0 Å². The Bertz CT molecular complexity index is 899. The normalized spacial score (nSPS) is 10.8. The number of methoxy groups -OCH3 is 2. The van der Waals surface area contributed by atoms with Gasteiger partial charge >= 0.3 is 0 Å². The van der Waals surface area contributed by atoms with E-state index in [0.29, 0.717) is 28.5 Å². The number of Topliss-reactive ketones (excluding diaryl/α,β-unsaturated/α-hetero) is 1. The van der Waals surface area contributed by atoms with E-state index in [2.05, 4.69) is 10.1 Å². The van der Waals surface area contributed by atoms with Gasteiger partial charge in [0.25, 0.3) is 0 Å². The Morgan fingerprint density at radius 2 is 1.83 bits per heavy atom. The standard InChI is InChI=1S/C17H17N3O3/c1-10-17(11(2)21)20-16(18-10)8-6-13(19-20)12-5-7-14(22-3)15(9-12)23-4/h5-9H,1-4H3. The van der Waals surface area contributed by atoms with Crippen molar-refractivity contribution in [3.8, 4) is 22.8 Å². The molecule has 0 amide bonds. The number of carbonyl (C=O) groups is 1. The van der Waals surface area contributed by atoms with Crippen LogP contribution in [0.2, 0.25) is 0 Å². The Kier molecular flexibility index (Phi) is 3.73. The summed E-state index contributed by atoms with van der Waals surface area (Å²) in [5.41, 5.74) is 3.41. The molecule has 0 fully saturated rings. The number of ketones is 1. The number of rotatable bonds is 4. The fourth-order valence-corrected chi connectivity index (χ4v) is 2.60. The third kappa shape index (κ3) is 2.52. The van der Waals surface area contributed by atoms with E-state index in [1.807, 2.05) is 37.3 Å². The molecule has 6 heteroatoms. The van der Waals surface area contributed by atoms with Crippen LogP contribution >= 0.6 is 0 Å². The van der Waals surface area contributed by atoms with Gasteiger partial charge in [-0.2, -0.15) is 5.10 Å². The second-order valence-corrected chi connectivity index (χ2v) is 5.16. The monoisotopic (exact) mass is 311 g/mol. The molecule has 0 atom stereocenters. The average molecular weight is 311 g/mol. The number of ether oxygens (including phenoxy) is 2. The number of imidazole rings is 1. The molecule has 3 rings (SSSR count). The van der Waals surface area contributed by atoms with Crippen molar-refractivity contribution in [2.75, 3.05) is 14.2 Å². The second kappa shape index (κ2) is 5.72. The van der Waals surface area contributed by atoms with Gasteiger partial charge in [0.1, 0.15) is 5.69 Å². The van der Waals surface area contributed by atoms with Gasteiger partial charge in [-0.3, -0.25) is 4.79 Å². The Morgan fingerprint density at radius 3 is 2.48 bits per heavy atom. The lowest BCUT2D eigenvalue weighted by molar-refractivity contribution is 0.101. The highest BCUT2D eigenvalue weighted by molar-refractivity contribution is 5.94. The van der Waals surface area contributed by atoms with Crippen molar-refractivity contribution in [3.63, 3.8) is 0 Å². The molecule has 0 N–H and O–H groups in total. The molecule has 0 aliphatic heterocycles. The van der Waals surface area contributed by atoms with Gasteiger partial charge in [0.15, 0.2) is 22.9 Å². The Labute approximate surface area is 133 Å². The molecule has 1 aromatic carbocycles. The first-order chi connectivity index (χ1) is 11.0. The molecule has 2 heterocycles. The molecule has 0 radical (unpaired) electrons. The lowest BCUT2D eigenvalue weighted by Crippen LogP contribution is -2.04. The minimum atomic E-state index is -0.0630. The van der Waals surface area contributed by atoms with E-state index >= 15 is 0 Å². The molecular formula is C17H17N3O3. The van der Waals surface area contributed by atoms with Gasteiger partial charge in [0.05, 0.1) is 25.6 Å². The van der Waals surface area contributed by atoms with Crippen molar-refractivity contribution < 1.29 is 14.3 Å². The van der Waals surface area contributed by atoms with Crippen molar-refractivity contribution in [2.45, 2.75) is 13.8 Å². The van der Waals surface area contributed by atoms with Crippen LogP contribution < -0.4 is 9.47 Å². The number of hydrogen-bond acceptors (Lipinski definition) is 5. The van der Waals surface area contributed by atoms with E-state index in [0.717, 1.165) is 11.3 Å². The van der Waals surface area contributed by atoms with E-state index in [-0.39, 0.29) is 5.78 Å². The molecule has 0 saturated heterocycles. The molecule has 0 unspecified atom stereocenters. The fourth-order valence-electron chi connectivity index (χ4n) is 2.60. The number of hydrogen-bond donors (Lipinski definition) is 0. The van der Waals surface area contributed by atoms with Crippen LogP contribution in [-0.4, -0.2) is 34.6 Å². The summed E-state index contributed by atoms with van der Waals surface area (Å²) in [4.78, 5) is 16.2. The van der Waals surface area contributed by atoms with Crippen LogP contribution in [0.1, 0.15) is 23.1 Å². The summed E-state index contributed by atoms with van der Waals surface area (Å²) >= 11 is 0. The van der Waals surface area contributed by atoms with Crippen molar-refractivity contribution in [1.29, 1.82) is 0 Å². The zero-order chi connectivity index (χ0) is 16.6. The SMILES string of the molecule is COc1ccc(-c2ccc3nc(C)c(C(C)=O)n3n2)cc1OC. The van der Waals surface area contributed by atoms with Crippen LogP contribution in [0.3, 0.4) is 0 Å². The van der Waals surface area contributed by atoms with E-state index in [9.17, 15) is 4.79 Å².